The summed E-state index contributed by atoms with van der Waals surface area (Å²) in [6.07, 6.45) is 1.86. The average molecular weight is 277 g/mol. The molecule has 0 radical (unpaired) electrons. The first kappa shape index (κ1) is 13.8. The van der Waals surface area contributed by atoms with Crippen LogP contribution in [0.25, 0.3) is 10.9 Å². The van der Waals surface area contributed by atoms with Crippen LogP contribution in [0.4, 0.5) is 0 Å². The number of hydrogen-bond acceptors (Lipinski definition) is 3. The number of aromatic nitrogens is 1. The van der Waals surface area contributed by atoms with Crippen LogP contribution in [-0.4, -0.2) is 15.5 Å². The summed E-state index contributed by atoms with van der Waals surface area (Å²) in [6.45, 7) is 8.96. The normalized spacial score (nSPS) is 11.7. The predicted octanol–water partition coefficient (Wildman–Crippen LogP) is 5.24. The van der Waals surface area contributed by atoms with E-state index >= 15 is 0 Å². The molecule has 1 aromatic carbocycles. The molecule has 0 bridgehead atoms. The number of hydrogen-bond donors (Lipinski definition) is 0. The maximum Gasteiger partial charge on any atom is 0.0714 e. The van der Waals surface area contributed by atoms with Gasteiger partial charge >= 0.3 is 0 Å². The maximum absolute atomic E-state index is 4.45. The van der Waals surface area contributed by atoms with Crippen LogP contribution in [0.5, 0.6) is 0 Å². The highest BCUT2D eigenvalue weighted by atomic mass is 32.2. The fourth-order valence-corrected chi connectivity index (χ4v) is 3.92. The standard InChI is InChI=1S/C15H19NS2/c1-10(2)17-14-8-7-13-12(6-5-9-16-13)15(14)18-11(3)4/h5-11H,1-4H3. The zero-order valence-electron chi connectivity index (χ0n) is 11.3. The summed E-state index contributed by atoms with van der Waals surface area (Å²) < 4.78 is 0. The molecular weight excluding hydrogens is 258 g/mol. The van der Waals surface area contributed by atoms with Crippen molar-refractivity contribution in [1.82, 2.24) is 4.98 Å². The van der Waals surface area contributed by atoms with Gasteiger partial charge in [-0.25, -0.2) is 0 Å². The molecule has 1 heterocycles. The van der Waals surface area contributed by atoms with Gasteiger partial charge in [0.15, 0.2) is 0 Å². The molecule has 0 amide bonds. The first-order chi connectivity index (χ1) is 8.58. The Kier molecular flexibility index (Phi) is 4.57. The third-order valence-electron chi connectivity index (χ3n) is 2.42. The van der Waals surface area contributed by atoms with Crippen LogP contribution in [0.3, 0.4) is 0 Å². The molecule has 0 saturated carbocycles. The molecule has 0 unspecified atom stereocenters. The first-order valence-electron chi connectivity index (χ1n) is 6.29. The number of benzene rings is 1. The molecule has 0 saturated heterocycles. The second-order valence-corrected chi connectivity index (χ2v) is 8.00. The molecule has 96 valence electrons. The molecule has 2 rings (SSSR count). The molecule has 18 heavy (non-hydrogen) atoms. The summed E-state index contributed by atoms with van der Waals surface area (Å²) in [4.78, 5) is 7.21. The lowest BCUT2D eigenvalue weighted by atomic mass is 10.2. The summed E-state index contributed by atoms with van der Waals surface area (Å²) >= 11 is 3.87. The SMILES string of the molecule is CC(C)Sc1ccc2ncccc2c1SC(C)C. The van der Waals surface area contributed by atoms with Gasteiger partial charge in [-0.1, -0.05) is 33.8 Å². The Morgan fingerprint density at radius 2 is 1.67 bits per heavy atom. The first-order valence-corrected chi connectivity index (χ1v) is 8.05. The number of fused-ring (bicyclic) bond motifs is 1. The van der Waals surface area contributed by atoms with Crippen LogP contribution in [0, 0.1) is 0 Å². The van der Waals surface area contributed by atoms with Gasteiger partial charge in [-0.15, -0.1) is 23.5 Å². The maximum atomic E-state index is 4.45. The average Bonchev–Trinajstić information content (AvgIpc) is 2.31. The minimum atomic E-state index is 0.585. The molecule has 0 aliphatic heterocycles. The van der Waals surface area contributed by atoms with Gasteiger partial charge in [0, 0.05) is 31.9 Å². The topological polar surface area (TPSA) is 12.9 Å². The zero-order valence-corrected chi connectivity index (χ0v) is 12.9. The molecule has 3 heteroatoms. The van der Waals surface area contributed by atoms with Crippen molar-refractivity contribution in [2.75, 3.05) is 0 Å². The van der Waals surface area contributed by atoms with Crippen LogP contribution >= 0.6 is 23.5 Å². The Bertz CT molecular complexity index is 535. The van der Waals surface area contributed by atoms with E-state index in [1.165, 1.54) is 15.2 Å². The molecule has 0 fully saturated rings. The van der Waals surface area contributed by atoms with Crippen LogP contribution in [0.15, 0.2) is 40.3 Å². The Labute approximate surface area is 118 Å². The molecule has 0 atom stereocenters. The largest absolute Gasteiger partial charge is 0.256 e. The van der Waals surface area contributed by atoms with E-state index in [1.54, 1.807) is 0 Å². The van der Waals surface area contributed by atoms with Crippen molar-refractivity contribution in [3.05, 3.63) is 30.5 Å². The van der Waals surface area contributed by atoms with Gasteiger partial charge in [0.25, 0.3) is 0 Å². The molecular formula is C15H19NS2. The molecule has 1 nitrogen and oxygen atoms in total. The number of thioether (sulfide) groups is 2. The fourth-order valence-electron chi connectivity index (χ4n) is 1.81. The van der Waals surface area contributed by atoms with Crippen molar-refractivity contribution in [2.45, 2.75) is 48.0 Å². The van der Waals surface area contributed by atoms with E-state index in [1.807, 2.05) is 35.8 Å². The van der Waals surface area contributed by atoms with Crippen molar-refractivity contribution in [1.29, 1.82) is 0 Å². The lowest BCUT2D eigenvalue weighted by Gasteiger charge is -2.15. The molecule has 1 aromatic heterocycles. The summed E-state index contributed by atoms with van der Waals surface area (Å²) in [5.74, 6) is 0. The number of pyridine rings is 1. The Morgan fingerprint density at radius 3 is 2.33 bits per heavy atom. The Balaban J connectivity index is 2.55. The van der Waals surface area contributed by atoms with Gasteiger partial charge in [0.05, 0.1) is 5.52 Å². The highest BCUT2D eigenvalue weighted by molar-refractivity contribution is 8.03. The van der Waals surface area contributed by atoms with E-state index in [0.29, 0.717) is 10.5 Å². The van der Waals surface area contributed by atoms with Gasteiger partial charge in [0.1, 0.15) is 0 Å². The van der Waals surface area contributed by atoms with Crippen LogP contribution < -0.4 is 0 Å². The van der Waals surface area contributed by atoms with E-state index in [2.05, 4.69) is 50.9 Å². The van der Waals surface area contributed by atoms with Gasteiger partial charge in [-0.3, -0.25) is 4.98 Å². The van der Waals surface area contributed by atoms with Crippen molar-refractivity contribution in [3.8, 4) is 0 Å². The van der Waals surface area contributed by atoms with Crippen LogP contribution in [0.1, 0.15) is 27.7 Å². The number of rotatable bonds is 4. The molecule has 0 N–H and O–H groups in total. The summed E-state index contributed by atoms with van der Waals surface area (Å²) in [6, 6.07) is 8.54. The van der Waals surface area contributed by atoms with Crippen molar-refractivity contribution in [2.24, 2.45) is 0 Å². The lowest BCUT2D eigenvalue weighted by molar-refractivity contribution is 1.09. The van der Waals surface area contributed by atoms with Crippen molar-refractivity contribution in [3.63, 3.8) is 0 Å². The highest BCUT2D eigenvalue weighted by Gasteiger charge is 2.12. The summed E-state index contributed by atoms with van der Waals surface area (Å²) in [5.41, 5.74) is 1.09. The Hall–Kier alpha value is -0.670. The molecule has 2 aromatic rings. The van der Waals surface area contributed by atoms with E-state index in [-0.39, 0.29) is 0 Å². The fraction of sp³-hybridized carbons (Fsp3) is 0.400. The number of nitrogens with zero attached hydrogens (tertiary/aromatic N) is 1. The van der Waals surface area contributed by atoms with E-state index in [9.17, 15) is 0 Å². The van der Waals surface area contributed by atoms with E-state index < -0.39 is 0 Å². The third-order valence-corrected chi connectivity index (χ3v) is 4.76. The zero-order chi connectivity index (χ0) is 13.1. The summed E-state index contributed by atoms with van der Waals surface area (Å²) in [7, 11) is 0. The minimum absolute atomic E-state index is 0.585. The molecule has 0 spiro atoms. The lowest BCUT2D eigenvalue weighted by Crippen LogP contribution is -1.93. The van der Waals surface area contributed by atoms with Crippen molar-refractivity contribution < 1.29 is 0 Å². The van der Waals surface area contributed by atoms with E-state index in [4.69, 9.17) is 0 Å². The highest BCUT2D eigenvalue weighted by Crippen LogP contribution is 2.39. The summed E-state index contributed by atoms with van der Waals surface area (Å²) in [5, 5.41) is 2.47. The second kappa shape index (κ2) is 5.98. The van der Waals surface area contributed by atoms with Gasteiger partial charge < -0.3 is 0 Å². The second-order valence-electron chi connectivity index (χ2n) is 4.80. The van der Waals surface area contributed by atoms with Gasteiger partial charge in [-0.2, -0.15) is 0 Å². The smallest absolute Gasteiger partial charge is 0.0714 e. The predicted molar refractivity (Wildman–Crippen MR) is 83.7 cm³/mol. The van der Waals surface area contributed by atoms with Gasteiger partial charge in [0.2, 0.25) is 0 Å². The van der Waals surface area contributed by atoms with Crippen molar-refractivity contribution >= 4 is 34.4 Å². The quantitative estimate of drug-likeness (QED) is 0.710. The minimum Gasteiger partial charge on any atom is -0.256 e. The van der Waals surface area contributed by atoms with Crippen LogP contribution in [-0.2, 0) is 0 Å². The molecule has 0 aliphatic carbocycles. The molecule has 0 aliphatic rings. The third kappa shape index (κ3) is 3.21. The van der Waals surface area contributed by atoms with Gasteiger partial charge in [-0.05, 0) is 18.2 Å². The van der Waals surface area contributed by atoms with Crippen LogP contribution in [0.2, 0.25) is 0 Å². The van der Waals surface area contributed by atoms with E-state index in [0.717, 1.165) is 5.52 Å². The monoisotopic (exact) mass is 277 g/mol. The Morgan fingerprint density at radius 1 is 0.944 bits per heavy atom.